The van der Waals surface area contributed by atoms with Crippen molar-refractivity contribution in [1.82, 2.24) is 9.88 Å². The average Bonchev–Trinajstić information content (AvgIpc) is 3.02. The van der Waals surface area contributed by atoms with Gasteiger partial charge in [0.1, 0.15) is 5.76 Å². The van der Waals surface area contributed by atoms with E-state index in [1.807, 2.05) is 6.92 Å². The molecule has 0 spiro atoms. The van der Waals surface area contributed by atoms with E-state index < -0.39 is 0 Å². The van der Waals surface area contributed by atoms with E-state index in [-0.39, 0.29) is 23.3 Å². The Morgan fingerprint density at radius 1 is 1.21 bits per heavy atom. The van der Waals surface area contributed by atoms with E-state index in [9.17, 15) is 9.59 Å². The summed E-state index contributed by atoms with van der Waals surface area (Å²) in [7, 11) is 0. The molecule has 0 bridgehead atoms. The number of rotatable bonds is 9. The van der Waals surface area contributed by atoms with Crippen LogP contribution in [-0.2, 0) is 6.54 Å². The Hall–Kier alpha value is -2.30. The van der Waals surface area contributed by atoms with E-state index in [4.69, 9.17) is 4.42 Å². The Bertz CT molecular complexity index is 702. The van der Waals surface area contributed by atoms with Gasteiger partial charge in [-0.2, -0.15) is 0 Å². The van der Waals surface area contributed by atoms with Gasteiger partial charge >= 0.3 is 0 Å². The lowest BCUT2D eigenvalue weighted by molar-refractivity contribution is 0.0908. The van der Waals surface area contributed by atoms with E-state index >= 15 is 0 Å². The molecule has 2 aromatic rings. The summed E-state index contributed by atoms with van der Waals surface area (Å²) in [6, 6.07) is 8.50. The molecule has 0 saturated carbocycles. The van der Waals surface area contributed by atoms with E-state index in [0.717, 1.165) is 12.8 Å². The highest BCUT2D eigenvalue weighted by Gasteiger charge is 2.14. The van der Waals surface area contributed by atoms with Crippen LogP contribution in [0.25, 0.3) is 0 Å². The summed E-state index contributed by atoms with van der Waals surface area (Å²) in [6.45, 7) is 4.51. The van der Waals surface area contributed by atoms with Crippen LogP contribution in [0.5, 0.6) is 0 Å². The zero-order valence-electron chi connectivity index (χ0n) is 14.5. The van der Waals surface area contributed by atoms with E-state index in [0.29, 0.717) is 12.3 Å². The maximum absolute atomic E-state index is 12.2. The molecule has 1 unspecified atom stereocenters. The number of hydrogen-bond acceptors (Lipinski definition) is 3. The van der Waals surface area contributed by atoms with Crippen molar-refractivity contribution < 1.29 is 9.21 Å². The van der Waals surface area contributed by atoms with Gasteiger partial charge in [-0.15, -0.1) is 0 Å². The lowest BCUT2D eigenvalue weighted by Crippen LogP contribution is -2.32. The molecular formula is C19H26N2O3. The Kier molecular flexibility index (Phi) is 6.85. The number of unbranched alkanes of at least 4 members (excludes halogenated alkanes) is 3. The predicted molar refractivity (Wildman–Crippen MR) is 94.2 cm³/mol. The molecule has 0 aliphatic carbocycles. The van der Waals surface area contributed by atoms with Crippen molar-refractivity contribution in [3.8, 4) is 0 Å². The third kappa shape index (κ3) is 5.41. The predicted octanol–water partition coefficient (Wildman–Crippen LogP) is 3.58. The molecule has 0 aliphatic heterocycles. The van der Waals surface area contributed by atoms with Crippen molar-refractivity contribution in [2.24, 2.45) is 0 Å². The van der Waals surface area contributed by atoms with Crippen LogP contribution in [0.15, 0.2) is 45.7 Å². The van der Waals surface area contributed by atoms with Crippen molar-refractivity contribution in [3.05, 3.63) is 58.4 Å². The Balaban J connectivity index is 1.87. The highest BCUT2D eigenvalue weighted by Crippen LogP contribution is 2.10. The van der Waals surface area contributed by atoms with E-state index in [2.05, 4.69) is 12.2 Å². The Morgan fingerprint density at radius 2 is 2.04 bits per heavy atom. The summed E-state index contributed by atoms with van der Waals surface area (Å²) < 4.78 is 7.12. The molecule has 0 aliphatic rings. The quantitative estimate of drug-likeness (QED) is 0.715. The minimum atomic E-state index is -0.204. The molecule has 1 amide bonds. The normalized spacial score (nSPS) is 12.1. The zero-order valence-corrected chi connectivity index (χ0v) is 14.5. The molecule has 24 heavy (non-hydrogen) atoms. The average molecular weight is 330 g/mol. The minimum absolute atomic E-state index is 0.0967. The van der Waals surface area contributed by atoms with Gasteiger partial charge in [0.05, 0.1) is 6.54 Å². The third-order valence-corrected chi connectivity index (χ3v) is 3.98. The van der Waals surface area contributed by atoms with Gasteiger partial charge < -0.3 is 14.3 Å². The number of hydrogen-bond donors (Lipinski definition) is 1. The first kappa shape index (κ1) is 18.0. The van der Waals surface area contributed by atoms with Crippen LogP contribution < -0.4 is 10.9 Å². The summed E-state index contributed by atoms with van der Waals surface area (Å²) in [4.78, 5) is 23.9. The SMILES string of the molecule is CCCCCCC(C)NC(=O)c1ccc(Cn2ccccc2=O)o1. The number of nitrogens with zero attached hydrogens (tertiary/aromatic N) is 1. The van der Waals surface area contributed by atoms with Crippen molar-refractivity contribution in [2.75, 3.05) is 0 Å². The molecule has 5 heteroatoms. The van der Waals surface area contributed by atoms with Crippen molar-refractivity contribution >= 4 is 5.91 Å². The summed E-state index contributed by atoms with van der Waals surface area (Å²) in [6.07, 6.45) is 7.44. The summed E-state index contributed by atoms with van der Waals surface area (Å²) in [5, 5.41) is 2.96. The lowest BCUT2D eigenvalue weighted by atomic mass is 10.1. The van der Waals surface area contributed by atoms with Gasteiger partial charge in [0, 0.05) is 18.3 Å². The summed E-state index contributed by atoms with van der Waals surface area (Å²) in [5.41, 5.74) is -0.0967. The zero-order chi connectivity index (χ0) is 17.4. The second-order valence-corrected chi connectivity index (χ2v) is 6.16. The van der Waals surface area contributed by atoms with Crippen LogP contribution in [0.1, 0.15) is 62.3 Å². The molecule has 2 aromatic heterocycles. The van der Waals surface area contributed by atoms with Crippen molar-refractivity contribution in [3.63, 3.8) is 0 Å². The second-order valence-electron chi connectivity index (χ2n) is 6.16. The maximum atomic E-state index is 12.2. The van der Waals surface area contributed by atoms with Crippen LogP contribution in [0.3, 0.4) is 0 Å². The highest BCUT2D eigenvalue weighted by molar-refractivity contribution is 5.91. The molecule has 130 valence electrons. The van der Waals surface area contributed by atoms with Crippen LogP contribution in [-0.4, -0.2) is 16.5 Å². The number of aromatic nitrogens is 1. The monoisotopic (exact) mass is 330 g/mol. The van der Waals surface area contributed by atoms with Gasteiger partial charge in [-0.25, -0.2) is 0 Å². The Morgan fingerprint density at radius 3 is 2.79 bits per heavy atom. The molecular weight excluding hydrogens is 304 g/mol. The van der Waals surface area contributed by atoms with E-state index in [1.54, 1.807) is 30.5 Å². The second kappa shape index (κ2) is 9.11. The lowest BCUT2D eigenvalue weighted by Gasteiger charge is -2.12. The number of furan rings is 1. The number of amides is 1. The fourth-order valence-corrected chi connectivity index (χ4v) is 2.59. The smallest absolute Gasteiger partial charge is 0.287 e. The largest absolute Gasteiger partial charge is 0.454 e. The molecule has 1 N–H and O–H groups in total. The molecule has 0 aromatic carbocycles. The molecule has 0 radical (unpaired) electrons. The van der Waals surface area contributed by atoms with Crippen LogP contribution in [0.4, 0.5) is 0 Å². The van der Waals surface area contributed by atoms with Gasteiger partial charge in [0.15, 0.2) is 5.76 Å². The van der Waals surface area contributed by atoms with Crippen molar-refractivity contribution in [1.29, 1.82) is 0 Å². The first-order chi connectivity index (χ1) is 11.6. The van der Waals surface area contributed by atoms with Gasteiger partial charge in [-0.3, -0.25) is 9.59 Å². The number of carbonyl (C=O) groups is 1. The van der Waals surface area contributed by atoms with Gasteiger partial charge in [-0.05, 0) is 31.5 Å². The highest BCUT2D eigenvalue weighted by atomic mass is 16.4. The fourth-order valence-electron chi connectivity index (χ4n) is 2.59. The molecule has 2 rings (SSSR count). The first-order valence-corrected chi connectivity index (χ1v) is 8.65. The summed E-state index contributed by atoms with van der Waals surface area (Å²) >= 11 is 0. The van der Waals surface area contributed by atoms with Gasteiger partial charge in [0.25, 0.3) is 11.5 Å². The standard InChI is InChI=1S/C19H26N2O3/c1-3-4-5-6-9-15(2)20-19(23)17-12-11-16(24-17)14-21-13-8-7-10-18(21)22/h7-8,10-13,15H,3-6,9,14H2,1-2H3,(H,20,23). The van der Waals surface area contributed by atoms with Gasteiger partial charge in [0.2, 0.25) is 0 Å². The molecule has 1 atom stereocenters. The van der Waals surface area contributed by atoms with Gasteiger partial charge in [-0.1, -0.05) is 38.7 Å². The Labute approximate surface area is 142 Å². The topological polar surface area (TPSA) is 64.2 Å². The van der Waals surface area contributed by atoms with Crippen molar-refractivity contribution in [2.45, 2.75) is 58.5 Å². The minimum Gasteiger partial charge on any atom is -0.454 e. The fraction of sp³-hybridized carbons (Fsp3) is 0.474. The molecule has 0 saturated heterocycles. The van der Waals surface area contributed by atoms with Crippen LogP contribution >= 0.6 is 0 Å². The van der Waals surface area contributed by atoms with E-state index in [1.165, 1.54) is 29.9 Å². The molecule has 0 fully saturated rings. The maximum Gasteiger partial charge on any atom is 0.287 e. The third-order valence-electron chi connectivity index (χ3n) is 3.98. The molecule has 5 nitrogen and oxygen atoms in total. The number of nitrogens with one attached hydrogen (secondary N) is 1. The van der Waals surface area contributed by atoms with Crippen LogP contribution in [0.2, 0.25) is 0 Å². The summed E-state index contributed by atoms with van der Waals surface area (Å²) in [5.74, 6) is 0.670. The first-order valence-electron chi connectivity index (χ1n) is 8.65. The molecule has 2 heterocycles. The number of carbonyl (C=O) groups excluding carboxylic acids is 1. The van der Waals surface area contributed by atoms with Crippen LogP contribution in [0, 0.1) is 0 Å². The number of pyridine rings is 1.